The normalized spacial score (nSPS) is 14.9. The molecule has 0 rings (SSSR count). The molecule has 0 heterocycles. The van der Waals surface area contributed by atoms with Gasteiger partial charge in [-0.2, -0.15) is 17.6 Å². The summed E-state index contributed by atoms with van der Waals surface area (Å²) in [7, 11) is 0. The fraction of sp³-hybridized carbons (Fsp3) is 0.821. The third-order valence-corrected chi connectivity index (χ3v) is 5.71. The molecule has 7 nitrogen and oxygen atoms in total. The van der Waals surface area contributed by atoms with Crippen molar-refractivity contribution < 1.29 is 72.7 Å². The van der Waals surface area contributed by atoms with Crippen LogP contribution in [-0.2, 0) is 33.2 Å². The van der Waals surface area contributed by atoms with Crippen molar-refractivity contribution in [1.82, 2.24) is 0 Å². The van der Waals surface area contributed by atoms with Crippen LogP contribution in [0.4, 0.5) is 39.5 Å². The minimum Gasteiger partial charge on any atom is -0.454 e. The second-order valence-electron chi connectivity index (χ2n) is 10.9. The molecule has 0 aliphatic carbocycles. The Balaban J connectivity index is 0. The van der Waals surface area contributed by atoms with Crippen molar-refractivity contribution in [3.8, 4) is 24.7 Å². The van der Waals surface area contributed by atoms with E-state index in [-0.39, 0.29) is 39.5 Å². The van der Waals surface area contributed by atoms with Gasteiger partial charge in [0.1, 0.15) is 25.9 Å². The summed E-state index contributed by atoms with van der Waals surface area (Å²) in [6.45, 7) is 3.01. The van der Waals surface area contributed by atoms with E-state index in [2.05, 4.69) is 26.1 Å². The van der Waals surface area contributed by atoms with Crippen LogP contribution in [0.1, 0.15) is 54.4 Å². The Morgan fingerprint density at radius 1 is 0.756 bits per heavy atom. The summed E-state index contributed by atoms with van der Waals surface area (Å²) < 4.78 is 159. The number of rotatable bonds is 24. The molecule has 17 heteroatoms. The average molecular weight is 917 g/mol. The maximum Gasteiger partial charge on any atom is 0.360 e. The predicted molar refractivity (Wildman–Crippen MR) is 139 cm³/mol. The second kappa shape index (κ2) is 18.4. The Kier molecular flexibility index (Phi) is 18.1. The topological polar surface area (TPSA) is 64.6 Å². The minimum atomic E-state index is -5.22. The van der Waals surface area contributed by atoms with Crippen LogP contribution in [0.5, 0.6) is 0 Å². The zero-order chi connectivity index (χ0) is 34.5. The van der Waals surface area contributed by atoms with Crippen molar-refractivity contribution in [2.45, 2.75) is 95.9 Å². The SMILES string of the molecule is C#CCOCCOC(C)(C)CC(F)(F)O[C-](F)C(F)(F)OCC(C)C(F)(F)OC(C)C(F)(F)COCCC(C)(C)OCC#C.[Fm]. The van der Waals surface area contributed by atoms with E-state index in [4.69, 9.17) is 31.8 Å². The molecule has 0 aliphatic heterocycles. The molecule has 0 bridgehead atoms. The van der Waals surface area contributed by atoms with E-state index in [1.807, 2.05) is 0 Å². The first-order valence-corrected chi connectivity index (χ1v) is 13.3. The molecule has 0 saturated carbocycles. The van der Waals surface area contributed by atoms with Crippen molar-refractivity contribution in [2.24, 2.45) is 5.92 Å². The Labute approximate surface area is 252 Å². The zero-order valence-corrected chi connectivity index (χ0v) is 28.1. The van der Waals surface area contributed by atoms with Gasteiger partial charge in [0.05, 0.1) is 49.7 Å². The van der Waals surface area contributed by atoms with Crippen LogP contribution < -0.4 is 0 Å². The number of hydrogen-bond acceptors (Lipinski definition) is 7. The largest absolute Gasteiger partial charge is 0.454 e. The Morgan fingerprint density at radius 3 is 1.89 bits per heavy atom. The van der Waals surface area contributed by atoms with Crippen molar-refractivity contribution >= 4 is 0 Å². The van der Waals surface area contributed by atoms with Crippen LogP contribution in [0, 0.1) is 37.0 Å². The molecule has 0 spiro atoms. The number of ether oxygens (including phenoxy) is 7. The molecule has 0 radical (unpaired) electrons. The number of alkyl halides is 8. The van der Waals surface area contributed by atoms with Gasteiger partial charge in [-0.1, -0.05) is 18.8 Å². The Morgan fingerprint density at radius 2 is 1.33 bits per heavy atom. The fourth-order valence-corrected chi connectivity index (χ4v) is 3.06. The van der Waals surface area contributed by atoms with Gasteiger partial charge in [0, 0.05) is 6.61 Å². The maximum absolute atomic E-state index is 14.4. The van der Waals surface area contributed by atoms with Crippen LogP contribution in [0.15, 0.2) is 0 Å². The van der Waals surface area contributed by atoms with Gasteiger partial charge in [-0.05, 0) is 41.0 Å². The average Bonchev–Trinajstić information content (AvgIpc) is 2.87. The first kappa shape index (κ1) is 44.3. The maximum atomic E-state index is 14.4. The summed E-state index contributed by atoms with van der Waals surface area (Å²) in [5.41, 5.74) is -2.53. The molecule has 0 aromatic heterocycles. The van der Waals surface area contributed by atoms with Crippen molar-refractivity contribution in [2.75, 3.05) is 46.2 Å². The van der Waals surface area contributed by atoms with Gasteiger partial charge in [-0.3, -0.25) is 0 Å². The molecule has 0 N–H and O–H groups in total. The van der Waals surface area contributed by atoms with Crippen molar-refractivity contribution in [3.05, 3.63) is 6.36 Å². The quantitative estimate of drug-likeness (QED) is 0.0469. The van der Waals surface area contributed by atoms with E-state index in [1.165, 1.54) is 0 Å². The first-order chi connectivity index (χ1) is 19.9. The molecular formula is C28H40F9FmO7-. The van der Waals surface area contributed by atoms with E-state index in [0.717, 1.165) is 13.8 Å². The van der Waals surface area contributed by atoms with Crippen LogP contribution in [0.3, 0.4) is 0 Å². The fourth-order valence-electron chi connectivity index (χ4n) is 3.06. The van der Waals surface area contributed by atoms with E-state index >= 15 is 0 Å². The molecule has 270 valence electrons. The van der Waals surface area contributed by atoms with Gasteiger partial charge in [-0.15, -0.1) is 12.8 Å². The molecule has 2 atom stereocenters. The van der Waals surface area contributed by atoms with Crippen molar-refractivity contribution in [3.63, 3.8) is 0 Å². The van der Waals surface area contributed by atoms with Crippen molar-refractivity contribution in [1.29, 1.82) is 0 Å². The summed E-state index contributed by atoms with van der Waals surface area (Å²) >= 11 is 0. The first-order valence-electron chi connectivity index (χ1n) is 13.3. The summed E-state index contributed by atoms with van der Waals surface area (Å²) in [5.74, 6) is -1.93. The molecule has 0 aromatic rings. The van der Waals surface area contributed by atoms with Gasteiger partial charge in [0.2, 0.25) is 0 Å². The van der Waals surface area contributed by atoms with Gasteiger partial charge in [-0.25, -0.2) is 17.6 Å². The van der Waals surface area contributed by atoms with Gasteiger partial charge >= 0.3 is 12.2 Å². The van der Waals surface area contributed by atoms with Gasteiger partial charge in [0.15, 0.2) is 0 Å². The molecule has 0 aromatic carbocycles. The van der Waals surface area contributed by atoms with E-state index in [9.17, 15) is 39.5 Å². The van der Waals surface area contributed by atoms with Crippen LogP contribution in [0.25, 0.3) is 0 Å². The Hall–Kier alpha value is -2.79. The van der Waals surface area contributed by atoms with E-state index in [0.29, 0.717) is 13.8 Å². The zero-order valence-electron chi connectivity index (χ0n) is 25.7. The summed E-state index contributed by atoms with van der Waals surface area (Å²) in [6, 6.07) is 0. The third kappa shape index (κ3) is 18.1. The van der Waals surface area contributed by atoms with E-state index in [1.54, 1.807) is 13.8 Å². The molecule has 45 heavy (non-hydrogen) atoms. The van der Waals surface area contributed by atoms with Crippen LogP contribution in [0.2, 0.25) is 0 Å². The second-order valence-corrected chi connectivity index (χ2v) is 10.9. The smallest absolute Gasteiger partial charge is 0.360 e. The molecule has 0 fully saturated rings. The monoisotopic (exact) mass is 916 g/mol. The molecular weight excluding hydrogens is 876 g/mol. The molecule has 0 saturated heterocycles. The van der Waals surface area contributed by atoms with Gasteiger partial charge in [0.25, 0.3) is 12.0 Å². The van der Waals surface area contributed by atoms with Crippen LogP contribution >= 0.6 is 0 Å². The van der Waals surface area contributed by atoms with Gasteiger partial charge < -0.3 is 37.5 Å². The van der Waals surface area contributed by atoms with E-state index < -0.39 is 73.5 Å². The standard InChI is InChI=1S/C28H40F9O7.Fm/c1-9-12-38-15-16-41-24(7,8)18-26(32,33)44-22(29)28(36,37)42-17-20(3)27(34,35)43-21(4)25(30,31)19-39-14-11-23(5,6)40-13-10-2;/h1-2,20-21H,11-19H2,3-8H3;/q-1;. The Bertz CT molecular complexity index is 925. The predicted octanol–water partition coefficient (Wildman–Crippen LogP) is 6.60. The molecule has 2 unspecified atom stereocenters. The summed E-state index contributed by atoms with van der Waals surface area (Å²) in [4.78, 5) is 0. The number of halogens is 9. The summed E-state index contributed by atoms with van der Waals surface area (Å²) in [5, 5.41) is 0. The minimum absolute atomic E-state index is 0. The molecule has 0 amide bonds. The molecule has 0 aliphatic rings. The summed E-state index contributed by atoms with van der Waals surface area (Å²) in [6.07, 6.45) is -11.1. The number of terminal acetylenes is 2. The van der Waals surface area contributed by atoms with Crippen LogP contribution in [-0.4, -0.2) is 87.8 Å². The third-order valence-electron chi connectivity index (χ3n) is 5.71. The number of hydrogen-bond donors (Lipinski definition) is 0.